The Balaban J connectivity index is 2.41. The monoisotopic (exact) mass is 300 g/mol. The molecule has 21 heavy (non-hydrogen) atoms. The number of rotatable bonds is 4. The second-order valence-corrected chi connectivity index (χ2v) is 4.96. The van der Waals surface area contributed by atoms with Crippen molar-refractivity contribution in [3.63, 3.8) is 0 Å². The van der Waals surface area contributed by atoms with Crippen LogP contribution in [0.4, 0.5) is 5.69 Å². The summed E-state index contributed by atoms with van der Waals surface area (Å²) in [5.74, 6) is 0.289. The second kappa shape index (κ2) is 6.37. The quantitative estimate of drug-likeness (QED) is 0.852. The molecule has 0 radical (unpaired) electrons. The van der Waals surface area contributed by atoms with Gasteiger partial charge in [-0.2, -0.15) is 0 Å². The molecule has 0 saturated carbocycles. The van der Waals surface area contributed by atoms with Crippen molar-refractivity contribution in [1.82, 2.24) is 0 Å². The van der Waals surface area contributed by atoms with Crippen LogP contribution in [0.2, 0.25) is 0 Å². The molecule has 0 heterocycles. The van der Waals surface area contributed by atoms with Crippen molar-refractivity contribution in [2.75, 3.05) is 12.4 Å². The molecule has 0 spiro atoms. The van der Waals surface area contributed by atoms with E-state index in [-0.39, 0.29) is 10.9 Å². The fourth-order valence-electron chi connectivity index (χ4n) is 2.04. The Bertz CT molecular complexity index is 698. The minimum absolute atomic E-state index is 0.203. The minimum atomic E-state index is -0.227. The zero-order chi connectivity index (χ0) is 15.4. The summed E-state index contributed by atoms with van der Waals surface area (Å²) in [6.07, 6.45) is 0. The number of carbonyl (C=O) groups excluding carboxylic acids is 1. The lowest BCUT2D eigenvalue weighted by molar-refractivity contribution is 0.102. The van der Waals surface area contributed by atoms with E-state index in [0.717, 1.165) is 5.56 Å². The average Bonchev–Trinajstić information content (AvgIpc) is 2.47. The molecule has 0 aliphatic rings. The number of nitrogens with one attached hydrogen (secondary N) is 1. The van der Waals surface area contributed by atoms with Crippen molar-refractivity contribution in [3.05, 3.63) is 59.2 Å². The molecule has 0 atom stereocenters. The first-order valence-corrected chi connectivity index (χ1v) is 6.79. The van der Waals surface area contributed by atoms with Gasteiger partial charge in [0.25, 0.3) is 5.91 Å². The van der Waals surface area contributed by atoms with Crippen LogP contribution in [0.1, 0.15) is 21.5 Å². The van der Waals surface area contributed by atoms with Gasteiger partial charge < -0.3 is 15.8 Å². The number of carbonyl (C=O) groups is 1. The number of amides is 1. The van der Waals surface area contributed by atoms with Crippen LogP contribution in [0.25, 0.3) is 0 Å². The van der Waals surface area contributed by atoms with Gasteiger partial charge in [-0.05, 0) is 30.7 Å². The van der Waals surface area contributed by atoms with Gasteiger partial charge in [0.1, 0.15) is 10.7 Å². The summed E-state index contributed by atoms with van der Waals surface area (Å²) in [7, 11) is 1.53. The maximum Gasteiger partial charge on any atom is 0.256 e. The fourth-order valence-corrected chi connectivity index (χ4v) is 2.21. The van der Waals surface area contributed by atoms with Gasteiger partial charge in [-0.3, -0.25) is 4.79 Å². The normalized spacial score (nSPS) is 10.0. The summed E-state index contributed by atoms with van der Waals surface area (Å²) in [6.45, 7) is 1.88. The van der Waals surface area contributed by atoms with Gasteiger partial charge in [0, 0.05) is 11.1 Å². The number of hydrogen-bond donors (Lipinski definition) is 2. The second-order valence-electron chi connectivity index (χ2n) is 4.52. The minimum Gasteiger partial charge on any atom is -0.495 e. The van der Waals surface area contributed by atoms with Crippen molar-refractivity contribution >= 4 is 28.8 Å². The number of para-hydroxylation sites is 1. The van der Waals surface area contributed by atoms with Crippen LogP contribution in [0.15, 0.2) is 42.5 Å². The predicted octanol–water partition coefficient (Wildman–Crippen LogP) is 2.89. The Morgan fingerprint density at radius 1 is 1.14 bits per heavy atom. The highest BCUT2D eigenvalue weighted by atomic mass is 32.1. The van der Waals surface area contributed by atoms with Crippen LogP contribution in [-0.4, -0.2) is 18.0 Å². The summed E-state index contributed by atoms with van der Waals surface area (Å²) in [5, 5.41) is 2.84. The molecule has 0 aromatic heterocycles. The van der Waals surface area contributed by atoms with Crippen LogP contribution in [0, 0.1) is 6.92 Å². The number of anilines is 1. The van der Waals surface area contributed by atoms with Crippen molar-refractivity contribution < 1.29 is 9.53 Å². The van der Waals surface area contributed by atoms with Crippen LogP contribution in [-0.2, 0) is 0 Å². The highest BCUT2D eigenvalue weighted by molar-refractivity contribution is 7.80. The maximum absolute atomic E-state index is 12.4. The van der Waals surface area contributed by atoms with E-state index >= 15 is 0 Å². The molecule has 0 bridgehead atoms. The van der Waals surface area contributed by atoms with Crippen molar-refractivity contribution in [2.45, 2.75) is 6.92 Å². The van der Waals surface area contributed by atoms with Crippen LogP contribution in [0.5, 0.6) is 5.75 Å². The number of nitrogens with two attached hydrogens (primary N) is 1. The van der Waals surface area contributed by atoms with Gasteiger partial charge >= 0.3 is 0 Å². The smallest absolute Gasteiger partial charge is 0.256 e. The van der Waals surface area contributed by atoms with E-state index in [2.05, 4.69) is 5.32 Å². The summed E-state index contributed by atoms with van der Waals surface area (Å²) < 4.78 is 5.27. The number of thiocarbonyl (C=S) groups is 1. The average molecular weight is 300 g/mol. The predicted molar refractivity (Wildman–Crippen MR) is 88.0 cm³/mol. The summed E-state index contributed by atoms with van der Waals surface area (Å²) in [4.78, 5) is 12.6. The molecule has 1 amide bonds. The Hall–Kier alpha value is -2.40. The van der Waals surface area contributed by atoms with E-state index < -0.39 is 0 Å². The van der Waals surface area contributed by atoms with E-state index in [1.54, 1.807) is 24.3 Å². The topological polar surface area (TPSA) is 64.3 Å². The zero-order valence-corrected chi connectivity index (χ0v) is 12.7. The summed E-state index contributed by atoms with van der Waals surface area (Å²) in [6, 6.07) is 12.6. The first-order valence-electron chi connectivity index (χ1n) is 6.38. The molecule has 0 fully saturated rings. The highest BCUT2D eigenvalue weighted by Crippen LogP contribution is 2.29. The molecule has 0 unspecified atom stereocenters. The third-order valence-corrected chi connectivity index (χ3v) is 3.36. The number of methoxy groups -OCH3 is 1. The van der Waals surface area contributed by atoms with Crippen molar-refractivity contribution in [1.29, 1.82) is 0 Å². The molecule has 0 aliphatic carbocycles. The molecule has 0 saturated heterocycles. The maximum atomic E-state index is 12.4. The lowest BCUT2D eigenvalue weighted by Gasteiger charge is -2.15. The number of aryl methyl sites for hydroxylation is 1. The highest BCUT2D eigenvalue weighted by Gasteiger charge is 2.16. The van der Waals surface area contributed by atoms with Crippen LogP contribution >= 0.6 is 12.2 Å². The molecule has 4 nitrogen and oxygen atoms in total. The molecule has 2 aromatic rings. The molecule has 2 aromatic carbocycles. The third kappa shape index (κ3) is 3.20. The molecule has 5 heteroatoms. The van der Waals surface area contributed by atoms with Crippen LogP contribution < -0.4 is 15.8 Å². The fraction of sp³-hybridized carbons (Fsp3) is 0.125. The molecule has 3 N–H and O–H groups in total. The van der Waals surface area contributed by atoms with E-state index in [4.69, 9.17) is 22.7 Å². The summed E-state index contributed by atoms with van der Waals surface area (Å²) >= 11 is 5.02. The van der Waals surface area contributed by atoms with Gasteiger partial charge in [0.05, 0.1) is 12.8 Å². The van der Waals surface area contributed by atoms with Gasteiger partial charge in [-0.1, -0.05) is 36.5 Å². The first kappa shape index (κ1) is 15.0. The number of ether oxygens (including phenoxy) is 1. The van der Waals surface area contributed by atoms with Gasteiger partial charge in [-0.15, -0.1) is 0 Å². The molecular formula is C16H16N2O2S. The lowest BCUT2D eigenvalue weighted by Crippen LogP contribution is -2.19. The van der Waals surface area contributed by atoms with Crippen molar-refractivity contribution in [2.24, 2.45) is 5.73 Å². The Morgan fingerprint density at radius 2 is 1.81 bits per heavy atom. The van der Waals surface area contributed by atoms with Crippen LogP contribution in [0.3, 0.4) is 0 Å². The zero-order valence-electron chi connectivity index (χ0n) is 11.8. The molecular weight excluding hydrogens is 284 g/mol. The standard InChI is InChI=1S/C16H16N2O2S/c1-10-6-3-4-7-11(10)16(19)18-14-12(15(17)21)8-5-9-13(14)20-2/h3-9H,1-2H3,(H2,17,21)(H,18,19). The largest absolute Gasteiger partial charge is 0.495 e. The number of benzene rings is 2. The van der Waals surface area contributed by atoms with Crippen molar-refractivity contribution in [3.8, 4) is 5.75 Å². The van der Waals surface area contributed by atoms with Gasteiger partial charge in [0.15, 0.2) is 0 Å². The molecule has 0 aliphatic heterocycles. The first-order chi connectivity index (χ1) is 10.0. The molecule has 2 rings (SSSR count). The van der Waals surface area contributed by atoms with E-state index in [1.807, 2.05) is 25.1 Å². The van der Waals surface area contributed by atoms with Gasteiger partial charge in [-0.25, -0.2) is 0 Å². The Morgan fingerprint density at radius 3 is 2.43 bits per heavy atom. The van der Waals surface area contributed by atoms with Gasteiger partial charge in [0.2, 0.25) is 0 Å². The SMILES string of the molecule is COc1cccc(C(N)=S)c1NC(=O)c1ccccc1C. The lowest BCUT2D eigenvalue weighted by atomic mass is 10.1. The van der Waals surface area contributed by atoms with E-state index in [9.17, 15) is 4.79 Å². The van der Waals surface area contributed by atoms with E-state index in [0.29, 0.717) is 22.6 Å². The Labute approximate surface area is 128 Å². The third-order valence-electron chi connectivity index (χ3n) is 3.14. The Kier molecular flexibility index (Phi) is 4.55. The number of hydrogen-bond acceptors (Lipinski definition) is 3. The summed E-state index contributed by atoms with van der Waals surface area (Å²) in [5.41, 5.74) is 8.25. The molecule has 108 valence electrons. The van der Waals surface area contributed by atoms with E-state index in [1.165, 1.54) is 7.11 Å².